The van der Waals surface area contributed by atoms with Crippen LogP contribution in [0.15, 0.2) is 42.5 Å². The lowest BCUT2D eigenvalue weighted by Crippen LogP contribution is -2.38. The molecule has 0 bridgehead atoms. The monoisotopic (exact) mass is 421 g/mol. The van der Waals surface area contributed by atoms with Crippen molar-refractivity contribution in [1.29, 1.82) is 0 Å². The fourth-order valence-electron chi connectivity index (χ4n) is 5.35. The predicted molar refractivity (Wildman–Crippen MR) is 119 cm³/mol. The number of pyridine rings is 1. The van der Waals surface area contributed by atoms with E-state index in [0.29, 0.717) is 12.5 Å². The van der Waals surface area contributed by atoms with Crippen LogP contribution in [0.4, 0.5) is 0 Å². The van der Waals surface area contributed by atoms with Crippen molar-refractivity contribution in [3.63, 3.8) is 0 Å². The Hall–Kier alpha value is -2.73. The minimum atomic E-state index is -0.200. The summed E-state index contributed by atoms with van der Waals surface area (Å²) >= 11 is 0. The van der Waals surface area contributed by atoms with Crippen LogP contribution in [0.2, 0.25) is 0 Å². The van der Waals surface area contributed by atoms with Crippen molar-refractivity contribution in [2.45, 2.75) is 26.7 Å². The van der Waals surface area contributed by atoms with Gasteiger partial charge in [-0.05, 0) is 50.3 Å². The number of carbonyl (C=O) groups excluding carboxylic acids is 2. The van der Waals surface area contributed by atoms with Crippen LogP contribution in [-0.2, 0) is 16.0 Å². The summed E-state index contributed by atoms with van der Waals surface area (Å²) in [6.45, 7) is 7.26. The lowest BCUT2D eigenvalue weighted by atomic mass is 9.76. The summed E-state index contributed by atoms with van der Waals surface area (Å²) in [6, 6.07) is 14.3. The minimum absolute atomic E-state index is 0.00333. The molecular formula is C25H31N3O3. The number of ether oxygens (including phenoxy) is 1. The van der Waals surface area contributed by atoms with E-state index in [-0.39, 0.29) is 17.3 Å². The molecule has 2 aliphatic rings. The number of likely N-dealkylation sites (tertiary alicyclic amines) is 2. The van der Waals surface area contributed by atoms with Gasteiger partial charge in [0.1, 0.15) is 0 Å². The van der Waals surface area contributed by atoms with Crippen LogP contribution in [-0.4, -0.2) is 66.5 Å². The van der Waals surface area contributed by atoms with Gasteiger partial charge >= 0.3 is 5.97 Å². The largest absolute Gasteiger partial charge is 0.468 e. The molecule has 0 unspecified atom stereocenters. The molecule has 1 aromatic heterocycles. The first-order valence-electron chi connectivity index (χ1n) is 11.0. The fourth-order valence-corrected chi connectivity index (χ4v) is 5.35. The van der Waals surface area contributed by atoms with E-state index in [0.717, 1.165) is 56.0 Å². The number of nitrogens with zero attached hydrogens (tertiary/aromatic N) is 3. The number of rotatable bonds is 6. The van der Waals surface area contributed by atoms with Crippen molar-refractivity contribution < 1.29 is 14.3 Å². The number of aryl methyl sites for hydroxylation is 3. The van der Waals surface area contributed by atoms with Crippen LogP contribution in [0.3, 0.4) is 0 Å². The molecule has 2 fully saturated rings. The molecule has 164 valence electrons. The molecule has 6 nitrogen and oxygen atoms in total. The highest BCUT2D eigenvalue weighted by molar-refractivity contribution is 5.94. The molecule has 0 saturated carbocycles. The third kappa shape index (κ3) is 4.64. The predicted octanol–water partition coefficient (Wildman–Crippen LogP) is 2.88. The number of methoxy groups -OCH3 is 1. The summed E-state index contributed by atoms with van der Waals surface area (Å²) in [5.74, 6) is 0.240. The van der Waals surface area contributed by atoms with Gasteiger partial charge in [0.15, 0.2) is 0 Å². The molecule has 31 heavy (non-hydrogen) atoms. The summed E-state index contributed by atoms with van der Waals surface area (Å²) in [5.41, 5.74) is 3.76. The third-order valence-electron chi connectivity index (χ3n) is 6.78. The lowest BCUT2D eigenvalue weighted by Gasteiger charge is -2.29. The van der Waals surface area contributed by atoms with Gasteiger partial charge in [-0.2, -0.15) is 0 Å². The Balaban J connectivity index is 1.53. The number of carbonyl (C=O) groups is 2. The zero-order chi connectivity index (χ0) is 22.0. The second kappa shape index (κ2) is 8.79. The van der Waals surface area contributed by atoms with E-state index in [9.17, 15) is 9.59 Å². The summed E-state index contributed by atoms with van der Waals surface area (Å²) < 4.78 is 4.89. The average Bonchev–Trinajstić information content (AvgIpc) is 3.25. The van der Waals surface area contributed by atoms with E-state index in [1.807, 2.05) is 36.9 Å². The first-order valence-corrected chi connectivity index (χ1v) is 11.0. The standard InChI is InChI=1S/C25H31N3O3/c1-18-11-21(12-19(2)26-18)24(30)28-14-22-13-27(15-23(29)31-3)16-25(22,17-28)10-9-20-7-5-4-6-8-20/h4-8,11-12,22H,9-10,13-17H2,1-3H3/t22-,25+/m0/s1. The van der Waals surface area contributed by atoms with Crippen LogP contribution in [0.5, 0.6) is 0 Å². The van der Waals surface area contributed by atoms with E-state index < -0.39 is 0 Å². The van der Waals surface area contributed by atoms with Gasteiger partial charge in [-0.15, -0.1) is 0 Å². The number of esters is 1. The zero-order valence-corrected chi connectivity index (χ0v) is 18.6. The molecule has 4 rings (SSSR count). The molecule has 0 N–H and O–H groups in total. The molecule has 3 heterocycles. The molecule has 1 aromatic carbocycles. The second-order valence-electron chi connectivity index (χ2n) is 9.11. The van der Waals surface area contributed by atoms with Gasteiger partial charge in [0.25, 0.3) is 5.91 Å². The Kier molecular flexibility index (Phi) is 6.10. The number of hydrogen-bond acceptors (Lipinski definition) is 5. The van der Waals surface area contributed by atoms with E-state index >= 15 is 0 Å². The Morgan fingerprint density at radius 3 is 2.48 bits per heavy atom. The Bertz CT molecular complexity index is 941. The van der Waals surface area contributed by atoms with Crippen molar-refractivity contribution >= 4 is 11.9 Å². The highest BCUT2D eigenvalue weighted by atomic mass is 16.5. The maximum Gasteiger partial charge on any atom is 0.319 e. The smallest absolute Gasteiger partial charge is 0.319 e. The molecule has 0 aliphatic carbocycles. The van der Waals surface area contributed by atoms with Gasteiger partial charge in [-0.3, -0.25) is 19.5 Å². The molecule has 0 spiro atoms. The molecule has 2 saturated heterocycles. The summed E-state index contributed by atoms with van der Waals surface area (Å²) in [5, 5.41) is 0. The molecular weight excluding hydrogens is 390 g/mol. The van der Waals surface area contributed by atoms with Gasteiger partial charge in [-0.1, -0.05) is 30.3 Å². The fraction of sp³-hybridized carbons (Fsp3) is 0.480. The Morgan fingerprint density at radius 2 is 1.81 bits per heavy atom. The van der Waals surface area contributed by atoms with E-state index in [1.54, 1.807) is 0 Å². The number of amides is 1. The van der Waals surface area contributed by atoms with Gasteiger partial charge in [-0.25, -0.2) is 0 Å². The Morgan fingerprint density at radius 1 is 1.10 bits per heavy atom. The Labute approximate surface area is 184 Å². The van der Waals surface area contributed by atoms with Crippen LogP contribution in [0, 0.1) is 25.2 Å². The van der Waals surface area contributed by atoms with Gasteiger partial charge < -0.3 is 9.64 Å². The number of benzene rings is 1. The second-order valence-corrected chi connectivity index (χ2v) is 9.11. The summed E-state index contributed by atoms with van der Waals surface area (Å²) in [7, 11) is 1.43. The van der Waals surface area contributed by atoms with Crippen LogP contribution in [0.1, 0.15) is 33.7 Å². The highest BCUT2D eigenvalue weighted by Gasteiger charge is 2.53. The van der Waals surface area contributed by atoms with Gasteiger partial charge in [0.05, 0.1) is 13.7 Å². The lowest BCUT2D eigenvalue weighted by molar-refractivity contribution is -0.141. The number of hydrogen-bond donors (Lipinski definition) is 0. The van der Waals surface area contributed by atoms with E-state index in [2.05, 4.69) is 34.1 Å². The van der Waals surface area contributed by atoms with Crippen LogP contribution >= 0.6 is 0 Å². The molecule has 2 atom stereocenters. The molecule has 1 amide bonds. The average molecular weight is 422 g/mol. The molecule has 6 heteroatoms. The van der Waals surface area contributed by atoms with Crippen molar-refractivity contribution in [3.8, 4) is 0 Å². The van der Waals surface area contributed by atoms with Gasteiger partial charge in [0, 0.05) is 48.5 Å². The van der Waals surface area contributed by atoms with E-state index in [4.69, 9.17) is 4.74 Å². The first kappa shape index (κ1) is 21.5. The first-order chi connectivity index (χ1) is 14.9. The maximum atomic E-state index is 13.3. The maximum absolute atomic E-state index is 13.3. The topological polar surface area (TPSA) is 62.7 Å². The van der Waals surface area contributed by atoms with Crippen molar-refractivity contribution in [3.05, 3.63) is 65.0 Å². The molecule has 2 aromatic rings. The number of fused-ring (bicyclic) bond motifs is 1. The zero-order valence-electron chi connectivity index (χ0n) is 18.6. The quantitative estimate of drug-likeness (QED) is 0.671. The van der Waals surface area contributed by atoms with Crippen LogP contribution < -0.4 is 0 Å². The summed E-state index contributed by atoms with van der Waals surface area (Å²) in [6.07, 6.45) is 1.97. The van der Waals surface area contributed by atoms with Crippen molar-refractivity contribution in [1.82, 2.24) is 14.8 Å². The number of aromatic nitrogens is 1. The molecule has 2 aliphatic heterocycles. The van der Waals surface area contributed by atoms with Gasteiger partial charge in [0.2, 0.25) is 0 Å². The summed E-state index contributed by atoms with van der Waals surface area (Å²) in [4.78, 5) is 33.8. The van der Waals surface area contributed by atoms with Crippen LogP contribution in [0.25, 0.3) is 0 Å². The van der Waals surface area contributed by atoms with Crippen molar-refractivity contribution in [2.75, 3.05) is 39.8 Å². The van der Waals surface area contributed by atoms with E-state index in [1.165, 1.54) is 12.7 Å². The SMILES string of the molecule is COC(=O)CN1C[C@H]2CN(C(=O)c3cc(C)nc(C)c3)C[C@@]2(CCc2ccccc2)C1. The third-order valence-corrected chi connectivity index (χ3v) is 6.78. The highest BCUT2D eigenvalue weighted by Crippen LogP contribution is 2.46. The minimum Gasteiger partial charge on any atom is -0.468 e. The molecule has 0 radical (unpaired) electrons. The van der Waals surface area contributed by atoms with Crippen molar-refractivity contribution in [2.24, 2.45) is 11.3 Å². The normalized spacial score (nSPS) is 23.1.